The predicted octanol–water partition coefficient (Wildman–Crippen LogP) is 2.56. The third-order valence-electron chi connectivity index (χ3n) is 4.80. The second-order valence-corrected chi connectivity index (χ2v) is 6.67. The van der Waals surface area contributed by atoms with Crippen molar-refractivity contribution in [1.82, 2.24) is 15.1 Å². The number of benzene rings is 2. The minimum Gasteiger partial charge on any atom is -0.495 e. The Kier molecular flexibility index (Phi) is 4.99. The normalized spacial score (nSPS) is 16.1. The summed E-state index contributed by atoms with van der Waals surface area (Å²) in [6, 6.07) is 12.6. The molecule has 148 valence electrons. The van der Waals surface area contributed by atoms with Crippen LogP contribution in [-0.4, -0.2) is 41.3 Å². The highest BCUT2D eigenvalue weighted by molar-refractivity contribution is 6.00. The average Bonchev–Trinajstić information content (AvgIpc) is 3.38. The molecule has 1 saturated heterocycles. The fraction of sp³-hybridized carbons (Fsp3) is 0.190. The van der Waals surface area contributed by atoms with E-state index in [1.165, 1.54) is 29.1 Å². The van der Waals surface area contributed by atoms with Crippen LogP contribution in [0, 0.1) is 5.82 Å². The van der Waals surface area contributed by atoms with Crippen molar-refractivity contribution in [2.75, 3.05) is 18.6 Å². The first kappa shape index (κ1) is 18.7. The molecular weight excluding hydrogens is 375 g/mol. The van der Waals surface area contributed by atoms with Gasteiger partial charge in [-0.1, -0.05) is 12.1 Å². The molecule has 0 unspecified atom stereocenters. The van der Waals surface area contributed by atoms with Crippen LogP contribution in [0.15, 0.2) is 60.9 Å². The molecule has 0 aliphatic carbocycles. The first-order valence-electron chi connectivity index (χ1n) is 9.10. The molecule has 1 aromatic heterocycles. The van der Waals surface area contributed by atoms with E-state index in [1.54, 1.807) is 36.4 Å². The number of amides is 2. The Hall–Kier alpha value is -3.68. The van der Waals surface area contributed by atoms with E-state index in [9.17, 15) is 14.0 Å². The number of carbonyl (C=O) groups excluding carboxylic acids is 2. The van der Waals surface area contributed by atoms with Crippen molar-refractivity contribution >= 4 is 17.5 Å². The number of halogens is 1. The molecule has 7 nitrogen and oxygen atoms in total. The SMILES string of the molecule is COc1ccccc1N1C[C@H](NC(=O)c2ccc(F)c(-n3cccn3)c2)CC1=O. The van der Waals surface area contributed by atoms with Gasteiger partial charge in [-0.05, 0) is 36.4 Å². The second-order valence-electron chi connectivity index (χ2n) is 6.67. The van der Waals surface area contributed by atoms with E-state index >= 15 is 0 Å². The Morgan fingerprint density at radius 3 is 2.79 bits per heavy atom. The molecule has 0 bridgehead atoms. The molecule has 1 atom stereocenters. The highest BCUT2D eigenvalue weighted by atomic mass is 19.1. The number of nitrogens with zero attached hydrogens (tertiary/aromatic N) is 3. The number of para-hydroxylation sites is 2. The Morgan fingerprint density at radius 1 is 1.21 bits per heavy atom. The number of aromatic nitrogens is 2. The van der Waals surface area contributed by atoms with Crippen molar-refractivity contribution in [3.05, 3.63) is 72.3 Å². The van der Waals surface area contributed by atoms with E-state index in [0.29, 0.717) is 23.5 Å². The van der Waals surface area contributed by atoms with Crippen LogP contribution >= 0.6 is 0 Å². The quantitative estimate of drug-likeness (QED) is 0.722. The number of hydrogen-bond acceptors (Lipinski definition) is 4. The van der Waals surface area contributed by atoms with E-state index < -0.39 is 5.82 Å². The molecule has 2 aromatic carbocycles. The van der Waals surface area contributed by atoms with Crippen molar-refractivity contribution in [2.45, 2.75) is 12.5 Å². The van der Waals surface area contributed by atoms with Crippen molar-refractivity contribution in [3.63, 3.8) is 0 Å². The van der Waals surface area contributed by atoms with Crippen LogP contribution in [0.5, 0.6) is 5.75 Å². The van der Waals surface area contributed by atoms with Crippen LogP contribution in [0.25, 0.3) is 5.69 Å². The number of methoxy groups -OCH3 is 1. The minimum atomic E-state index is -0.483. The summed E-state index contributed by atoms with van der Waals surface area (Å²) in [6.45, 7) is 0.332. The number of rotatable bonds is 5. The van der Waals surface area contributed by atoms with Crippen molar-refractivity contribution < 1.29 is 18.7 Å². The number of carbonyl (C=O) groups is 2. The van der Waals surface area contributed by atoms with Crippen LogP contribution in [0.2, 0.25) is 0 Å². The third-order valence-corrected chi connectivity index (χ3v) is 4.80. The Morgan fingerprint density at radius 2 is 2.03 bits per heavy atom. The van der Waals surface area contributed by atoms with E-state index in [4.69, 9.17) is 4.74 Å². The predicted molar refractivity (Wildman–Crippen MR) is 105 cm³/mol. The summed E-state index contributed by atoms with van der Waals surface area (Å²) in [5.41, 5.74) is 1.14. The van der Waals surface area contributed by atoms with Crippen LogP contribution in [0.4, 0.5) is 10.1 Å². The summed E-state index contributed by atoms with van der Waals surface area (Å²) in [5, 5.41) is 6.86. The van der Waals surface area contributed by atoms with Gasteiger partial charge in [-0.15, -0.1) is 0 Å². The lowest BCUT2D eigenvalue weighted by Gasteiger charge is -2.19. The smallest absolute Gasteiger partial charge is 0.251 e. The van der Waals surface area contributed by atoms with Crippen LogP contribution < -0.4 is 15.0 Å². The van der Waals surface area contributed by atoms with Gasteiger partial charge in [0.15, 0.2) is 0 Å². The molecule has 8 heteroatoms. The maximum Gasteiger partial charge on any atom is 0.251 e. The van der Waals surface area contributed by atoms with Crippen LogP contribution in [0.1, 0.15) is 16.8 Å². The zero-order valence-electron chi connectivity index (χ0n) is 15.7. The Labute approximate surface area is 166 Å². The summed E-state index contributed by atoms with van der Waals surface area (Å²) in [7, 11) is 1.55. The largest absolute Gasteiger partial charge is 0.495 e. The molecule has 0 saturated carbocycles. The number of ether oxygens (including phenoxy) is 1. The van der Waals surface area contributed by atoms with Gasteiger partial charge in [0.05, 0.1) is 18.8 Å². The van der Waals surface area contributed by atoms with Gasteiger partial charge in [-0.2, -0.15) is 5.10 Å². The van der Waals surface area contributed by atoms with E-state index in [1.807, 2.05) is 12.1 Å². The minimum absolute atomic E-state index is 0.101. The number of hydrogen-bond donors (Lipinski definition) is 1. The van der Waals surface area contributed by atoms with E-state index in [2.05, 4.69) is 10.4 Å². The standard InChI is InChI=1S/C21H19FN4O3/c1-29-19-6-3-2-5-17(19)25-13-15(12-20(25)27)24-21(28)14-7-8-16(22)18(11-14)26-10-4-9-23-26/h2-11,15H,12-13H2,1H3,(H,24,28)/t15-/m1/s1. The molecule has 3 aromatic rings. The molecule has 1 aliphatic rings. The molecule has 1 N–H and O–H groups in total. The van der Waals surface area contributed by atoms with E-state index in [0.717, 1.165) is 0 Å². The molecule has 2 heterocycles. The number of nitrogens with one attached hydrogen (secondary N) is 1. The molecule has 1 fully saturated rings. The summed E-state index contributed by atoms with van der Waals surface area (Å²) >= 11 is 0. The topological polar surface area (TPSA) is 76.5 Å². The van der Waals surface area contributed by atoms with Crippen molar-refractivity contribution in [3.8, 4) is 11.4 Å². The molecule has 0 spiro atoms. The lowest BCUT2D eigenvalue weighted by Crippen LogP contribution is -2.37. The lowest BCUT2D eigenvalue weighted by atomic mass is 10.1. The van der Waals surface area contributed by atoms with Gasteiger partial charge < -0.3 is 15.0 Å². The Bertz CT molecular complexity index is 1050. The molecule has 4 rings (SSSR count). The van der Waals surface area contributed by atoms with Gasteiger partial charge in [0.25, 0.3) is 5.91 Å². The van der Waals surface area contributed by atoms with Crippen LogP contribution in [0.3, 0.4) is 0 Å². The van der Waals surface area contributed by atoms with Crippen LogP contribution in [-0.2, 0) is 4.79 Å². The molecule has 2 amide bonds. The lowest BCUT2D eigenvalue weighted by molar-refractivity contribution is -0.117. The second kappa shape index (κ2) is 7.75. The number of anilines is 1. The monoisotopic (exact) mass is 394 g/mol. The van der Waals surface area contributed by atoms with Gasteiger partial charge in [0.2, 0.25) is 5.91 Å². The summed E-state index contributed by atoms with van der Waals surface area (Å²) < 4.78 is 20.8. The summed E-state index contributed by atoms with van der Waals surface area (Å²) in [6.07, 6.45) is 3.31. The maximum absolute atomic E-state index is 14.1. The first-order valence-corrected chi connectivity index (χ1v) is 9.10. The average molecular weight is 394 g/mol. The maximum atomic E-state index is 14.1. The van der Waals surface area contributed by atoms with Crippen molar-refractivity contribution in [1.29, 1.82) is 0 Å². The molecule has 0 radical (unpaired) electrons. The van der Waals surface area contributed by atoms with Crippen molar-refractivity contribution in [2.24, 2.45) is 0 Å². The molecular formula is C21H19FN4O3. The summed E-state index contributed by atoms with van der Waals surface area (Å²) in [5.74, 6) is -0.368. The fourth-order valence-electron chi connectivity index (χ4n) is 3.40. The fourth-order valence-corrected chi connectivity index (χ4v) is 3.40. The van der Waals surface area contributed by atoms with Gasteiger partial charge in [0.1, 0.15) is 17.3 Å². The third kappa shape index (κ3) is 3.69. The zero-order chi connectivity index (χ0) is 20.4. The molecule has 29 heavy (non-hydrogen) atoms. The zero-order valence-corrected chi connectivity index (χ0v) is 15.7. The van der Waals surface area contributed by atoms with Gasteiger partial charge in [0, 0.05) is 30.9 Å². The Balaban J connectivity index is 1.50. The van der Waals surface area contributed by atoms with E-state index in [-0.39, 0.29) is 30.0 Å². The molecule has 1 aliphatic heterocycles. The summed E-state index contributed by atoms with van der Waals surface area (Å²) in [4.78, 5) is 26.8. The van der Waals surface area contributed by atoms with Gasteiger partial charge in [-0.3, -0.25) is 9.59 Å². The van der Waals surface area contributed by atoms with Gasteiger partial charge in [-0.25, -0.2) is 9.07 Å². The van der Waals surface area contributed by atoms with Gasteiger partial charge >= 0.3 is 0 Å². The highest BCUT2D eigenvalue weighted by Crippen LogP contribution is 2.31. The first-order chi connectivity index (χ1) is 14.1. The highest BCUT2D eigenvalue weighted by Gasteiger charge is 2.33.